The minimum atomic E-state index is 0.0685. The third-order valence-corrected chi connectivity index (χ3v) is 4.11. The standard InChI is InChI=1S/C16H26ClN3O/c1-16(2,3)19-9-12-8-15(18-10-14(12)17)20-7-5-6-13(11-20)21-4/h8,10,13,19H,5-7,9,11H2,1-4H3. The Hall–Kier alpha value is -0.840. The molecule has 1 aliphatic rings. The number of hydrogen-bond acceptors (Lipinski definition) is 4. The molecule has 118 valence electrons. The smallest absolute Gasteiger partial charge is 0.128 e. The van der Waals surface area contributed by atoms with Gasteiger partial charge in [-0.2, -0.15) is 0 Å². The Morgan fingerprint density at radius 2 is 2.24 bits per heavy atom. The number of anilines is 1. The molecule has 0 radical (unpaired) electrons. The Morgan fingerprint density at radius 1 is 1.48 bits per heavy atom. The topological polar surface area (TPSA) is 37.4 Å². The molecule has 2 rings (SSSR count). The van der Waals surface area contributed by atoms with E-state index in [0.29, 0.717) is 6.10 Å². The van der Waals surface area contributed by atoms with E-state index in [1.165, 1.54) is 0 Å². The van der Waals surface area contributed by atoms with Gasteiger partial charge in [0.15, 0.2) is 0 Å². The molecule has 1 N–H and O–H groups in total. The van der Waals surface area contributed by atoms with Crippen LogP contribution >= 0.6 is 11.6 Å². The molecular weight excluding hydrogens is 286 g/mol. The number of ether oxygens (including phenoxy) is 1. The molecule has 1 aliphatic heterocycles. The lowest BCUT2D eigenvalue weighted by molar-refractivity contribution is 0.0891. The van der Waals surface area contributed by atoms with Crippen LogP contribution < -0.4 is 10.2 Å². The van der Waals surface area contributed by atoms with Crippen LogP contribution in [0, 0.1) is 0 Å². The van der Waals surface area contributed by atoms with Gasteiger partial charge in [0.05, 0.1) is 11.1 Å². The molecule has 0 saturated carbocycles. The third kappa shape index (κ3) is 4.83. The Kier molecular flexibility index (Phi) is 5.47. The van der Waals surface area contributed by atoms with Crippen molar-refractivity contribution in [3.8, 4) is 0 Å². The van der Waals surface area contributed by atoms with Crippen LogP contribution in [0.15, 0.2) is 12.3 Å². The second-order valence-electron chi connectivity index (χ2n) is 6.68. The van der Waals surface area contributed by atoms with Crippen LogP contribution in [-0.2, 0) is 11.3 Å². The Labute approximate surface area is 132 Å². The number of halogens is 1. The molecule has 1 aromatic heterocycles. The first-order valence-corrected chi connectivity index (χ1v) is 7.94. The lowest BCUT2D eigenvalue weighted by Gasteiger charge is -2.33. The van der Waals surface area contributed by atoms with Crippen molar-refractivity contribution in [2.75, 3.05) is 25.1 Å². The molecule has 1 unspecified atom stereocenters. The summed E-state index contributed by atoms with van der Waals surface area (Å²) in [6.07, 6.45) is 4.32. The van der Waals surface area contributed by atoms with Crippen LogP contribution in [0.1, 0.15) is 39.2 Å². The minimum absolute atomic E-state index is 0.0685. The number of piperidine rings is 1. The first-order valence-electron chi connectivity index (χ1n) is 7.56. The van der Waals surface area contributed by atoms with Crippen molar-refractivity contribution >= 4 is 17.4 Å². The van der Waals surface area contributed by atoms with Crippen molar-refractivity contribution in [1.82, 2.24) is 10.3 Å². The van der Waals surface area contributed by atoms with Crippen LogP contribution in [0.3, 0.4) is 0 Å². The molecule has 0 bridgehead atoms. The first-order chi connectivity index (χ1) is 9.89. The van der Waals surface area contributed by atoms with Gasteiger partial charge >= 0.3 is 0 Å². The van der Waals surface area contributed by atoms with Crippen LogP contribution in [-0.4, -0.2) is 36.8 Å². The molecule has 21 heavy (non-hydrogen) atoms. The number of nitrogens with one attached hydrogen (secondary N) is 1. The van der Waals surface area contributed by atoms with E-state index in [-0.39, 0.29) is 5.54 Å². The van der Waals surface area contributed by atoms with E-state index in [9.17, 15) is 0 Å². The van der Waals surface area contributed by atoms with Gasteiger partial charge in [-0.05, 0) is 45.2 Å². The first kappa shape index (κ1) is 16.5. The van der Waals surface area contributed by atoms with E-state index in [2.05, 4.69) is 42.0 Å². The van der Waals surface area contributed by atoms with Crippen LogP contribution in [0.2, 0.25) is 5.02 Å². The summed E-state index contributed by atoms with van der Waals surface area (Å²) in [5.74, 6) is 0.992. The van der Waals surface area contributed by atoms with Crippen molar-refractivity contribution in [2.45, 2.75) is 51.8 Å². The predicted molar refractivity (Wildman–Crippen MR) is 88.1 cm³/mol. The summed E-state index contributed by atoms with van der Waals surface area (Å²) in [7, 11) is 1.78. The molecule has 1 saturated heterocycles. The highest BCUT2D eigenvalue weighted by atomic mass is 35.5. The molecule has 2 heterocycles. The maximum absolute atomic E-state index is 6.27. The van der Waals surface area contributed by atoms with E-state index in [4.69, 9.17) is 16.3 Å². The minimum Gasteiger partial charge on any atom is -0.380 e. The number of methoxy groups -OCH3 is 1. The highest BCUT2D eigenvalue weighted by Crippen LogP contribution is 2.24. The number of rotatable bonds is 4. The summed E-state index contributed by atoms with van der Waals surface area (Å²) in [6, 6.07) is 2.10. The van der Waals surface area contributed by atoms with Crippen molar-refractivity contribution in [3.63, 3.8) is 0 Å². The van der Waals surface area contributed by atoms with Gasteiger partial charge in [0.25, 0.3) is 0 Å². The van der Waals surface area contributed by atoms with Crippen LogP contribution in [0.25, 0.3) is 0 Å². The molecule has 0 aliphatic carbocycles. The molecule has 1 aromatic rings. The number of hydrogen-bond donors (Lipinski definition) is 1. The Bertz CT molecular complexity index is 473. The summed E-state index contributed by atoms with van der Waals surface area (Å²) in [4.78, 5) is 6.77. The fraction of sp³-hybridized carbons (Fsp3) is 0.688. The van der Waals surface area contributed by atoms with Gasteiger partial charge in [-0.15, -0.1) is 0 Å². The van der Waals surface area contributed by atoms with Gasteiger partial charge in [-0.3, -0.25) is 0 Å². The van der Waals surface area contributed by atoms with E-state index in [0.717, 1.165) is 48.9 Å². The maximum atomic E-state index is 6.27. The van der Waals surface area contributed by atoms with Crippen molar-refractivity contribution in [1.29, 1.82) is 0 Å². The monoisotopic (exact) mass is 311 g/mol. The second kappa shape index (κ2) is 6.95. The molecule has 4 nitrogen and oxygen atoms in total. The van der Waals surface area contributed by atoms with Crippen molar-refractivity contribution in [2.24, 2.45) is 0 Å². The summed E-state index contributed by atoms with van der Waals surface area (Å²) in [6.45, 7) is 9.13. The summed E-state index contributed by atoms with van der Waals surface area (Å²) in [5, 5.41) is 4.19. The van der Waals surface area contributed by atoms with Gasteiger partial charge in [0.1, 0.15) is 5.82 Å². The zero-order valence-corrected chi connectivity index (χ0v) is 14.2. The maximum Gasteiger partial charge on any atom is 0.128 e. The molecule has 0 aromatic carbocycles. The van der Waals surface area contributed by atoms with Crippen molar-refractivity contribution in [3.05, 3.63) is 22.8 Å². The molecular formula is C16H26ClN3O. The number of nitrogens with zero attached hydrogens (tertiary/aromatic N) is 2. The average molecular weight is 312 g/mol. The predicted octanol–water partition coefficient (Wildman–Crippen LogP) is 3.24. The molecule has 5 heteroatoms. The number of aromatic nitrogens is 1. The summed E-state index contributed by atoms with van der Waals surface area (Å²) in [5.41, 5.74) is 1.16. The highest BCUT2D eigenvalue weighted by molar-refractivity contribution is 6.31. The third-order valence-electron chi connectivity index (χ3n) is 3.76. The van der Waals surface area contributed by atoms with Gasteiger partial charge in [-0.25, -0.2) is 4.98 Å². The quantitative estimate of drug-likeness (QED) is 0.926. The fourth-order valence-corrected chi connectivity index (χ4v) is 2.65. The summed E-state index contributed by atoms with van der Waals surface area (Å²) < 4.78 is 5.48. The Balaban J connectivity index is 2.10. The van der Waals surface area contributed by atoms with Crippen LogP contribution in [0.4, 0.5) is 5.82 Å². The van der Waals surface area contributed by atoms with Gasteiger partial charge in [0, 0.05) is 38.5 Å². The normalized spacial score (nSPS) is 19.9. The Morgan fingerprint density at radius 3 is 2.90 bits per heavy atom. The second-order valence-corrected chi connectivity index (χ2v) is 7.09. The van der Waals surface area contributed by atoms with E-state index in [1.54, 1.807) is 13.3 Å². The zero-order valence-electron chi connectivity index (χ0n) is 13.4. The summed E-state index contributed by atoms with van der Waals surface area (Å²) >= 11 is 6.27. The fourth-order valence-electron chi connectivity index (χ4n) is 2.48. The van der Waals surface area contributed by atoms with Gasteiger partial charge in [0.2, 0.25) is 0 Å². The van der Waals surface area contributed by atoms with Crippen molar-refractivity contribution < 1.29 is 4.74 Å². The van der Waals surface area contributed by atoms with E-state index >= 15 is 0 Å². The molecule has 0 spiro atoms. The largest absolute Gasteiger partial charge is 0.380 e. The SMILES string of the molecule is COC1CCCN(c2cc(CNC(C)(C)C)c(Cl)cn2)C1. The van der Waals surface area contributed by atoms with E-state index in [1.807, 2.05) is 0 Å². The van der Waals surface area contributed by atoms with Crippen LogP contribution in [0.5, 0.6) is 0 Å². The molecule has 1 atom stereocenters. The highest BCUT2D eigenvalue weighted by Gasteiger charge is 2.21. The van der Waals surface area contributed by atoms with Gasteiger partial charge < -0.3 is 15.0 Å². The molecule has 0 amide bonds. The number of pyridine rings is 1. The lowest BCUT2D eigenvalue weighted by Crippen LogP contribution is -2.40. The van der Waals surface area contributed by atoms with Gasteiger partial charge in [-0.1, -0.05) is 11.6 Å². The lowest BCUT2D eigenvalue weighted by atomic mass is 10.1. The molecule has 1 fully saturated rings. The zero-order chi connectivity index (χ0) is 15.5. The van der Waals surface area contributed by atoms with E-state index < -0.39 is 0 Å². The average Bonchev–Trinajstić information content (AvgIpc) is 2.45.